The average molecular weight is 323 g/mol. The SMILES string of the molecule is CC(N)c1cccc(S(=O)(=O)Nc2nc(C3CC3)cs2)c1. The van der Waals surface area contributed by atoms with Gasteiger partial charge in [0.1, 0.15) is 0 Å². The van der Waals surface area contributed by atoms with Crippen molar-refractivity contribution in [2.45, 2.75) is 36.6 Å². The Morgan fingerprint density at radius 2 is 2.19 bits per heavy atom. The topological polar surface area (TPSA) is 85.1 Å². The first-order chi connectivity index (χ1) is 9.95. The van der Waals surface area contributed by atoms with Crippen LogP contribution in [0.4, 0.5) is 5.13 Å². The van der Waals surface area contributed by atoms with Crippen LogP contribution in [-0.4, -0.2) is 13.4 Å². The second-order valence-electron chi connectivity index (χ2n) is 5.32. The molecule has 2 aromatic rings. The quantitative estimate of drug-likeness (QED) is 0.886. The number of rotatable bonds is 5. The van der Waals surface area contributed by atoms with Crippen molar-refractivity contribution in [2.24, 2.45) is 5.73 Å². The Morgan fingerprint density at radius 1 is 1.43 bits per heavy atom. The van der Waals surface area contributed by atoms with Gasteiger partial charge in [-0.1, -0.05) is 12.1 Å². The van der Waals surface area contributed by atoms with Crippen molar-refractivity contribution in [1.29, 1.82) is 0 Å². The monoisotopic (exact) mass is 323 g/mol. The van der Waals surface area contributed by atoms with E-state index in [0.717, 1.165) is 24.1 Å². The van der Waals surface area contributed by atoms with E-state index in [-0.39, 0.29) is 10.9 Å². The molecule has 1 aromatic heterocycles. The molecule has 21 heavy (non-hydrogen) atoms. The molecular weight excluding hydrogens is 306 g/mol. The molecule has 0 amide bonds. The third-order valence-corrected chi connectivity index (χ3v) is 5.68. The molecule has 112 valence electrons. The van der Waals surface area contributed by atoms with Crippen molar-refractivity contribution in [1.82, 2.24) is 4.98 Å². The van der Waals surface area contributed by atoms with Crippen LogP contribution >= 0.6 is 11.3 Å². The zero-order chi connectivity index (χ0) is 15.0. The first kappa shape index (κ1) is 14.5. The maximum Gasteiger partial charge on any atom is 0.263 e. The predicted molar refractivity (Wildman–Crippen MR) is 83.9 cm³/mol. The van der Waals surface area contributed by atoms with E-state index in [1.165, 1.54) is 11.3 Å². The smallest absolute Gasteiger partial charge is 0.263 e. The van der Waals surface area contributed by atoms with E-state index in [1.807, 2.05) is 18.4 Å². The fourth-order valence-electron chi connectivity index (χ4n) is 2.04. The summed E-state index contributed by atoms with van der Waals surface area (Å²) in [5, 5.41) is 2.34. The van der Waals surface area contributed by atoms with Gasteiger partial charge in [0.2, 0.25) is 0 Å². The van der Waals surface area contributed by atoms with Crippen molar-refractivity contribution < 1.29 is 8.42 Å². The van der Waals surface area contributed by atoms with Crippen molar-refractivity contribution in [2.75, 3.05) is 4.72 Å². The van der Waals surface area contributed by atoms with Gasteiger partial charge in [0.25, 0.3) is 10.0 Å². The molecule has 1 atom stereocenters. The van der Waals surface area contributed by atoms with E-state index in [4.69, 9.17) is 5.73 Å². The van der Waals surface area contributed by atoms with E-state index in [9.17, 15) is 8.42 Å². The van der Waals surface area contributed by atoms with E-state index in [1.54, 1.807) is 18.2 Å². The molecule has 7 heteroatoms. The number of thiazole rings is 1. The molecule has 1 heterocycles. The molecule has 1 aliphatic rings. The van der Waals surface area contributed by atoms with Crippen LogP contribution in [0.3, 0.4) is 0 Å². The Balaban J connectivity index is 1.83. The van der Waals surface area contributed by atoms with Gasteiger partial charge in [0.15, 0.2) is 5.13 Å². The number of aromatic nitrogens is 1. The van der Waals surface area contributed by atoms with Crippen LogP contribution in [0.2, 0.25) is 0 Å². The molecule has 0 spiro atoms. The van der Waals surface area contributed by atoms with Gasteiger partial charge in [-0.25, -0.2) is 13.4 Å². The summed E-state index contributed by atoms with van der Waals surface area (Å²) in [7, 11) is -3.62. The van der Waals surface area contributed by atoms with E-state index >= 15 is 0 Å². The Hall–Kier alpha value is -1.44. The van der Waals surface area contributed by atoms with Gasteiger partial charge in [-0.3, -0.25) is 4.72 Å². The van der Waals surface area contributed by atoms with Crippen molar-refractivity contribution in [3.63, 3.8) is 0 Å². The van der Waals surface area contributed by atoms with Crippen LogP contribution in [-0.2, 0) is 10.0 Å². The van der Waals surface area contributed by atoms with Crippen molar-refractivity contribution in [3.05, 3.63) is 40.9 Å². The highest BCUT2D eigenvalue weighted by Crippen LogP contribution is 2.41. The molecule has 0 radical (unpaired) electrons. The number of hydrogen-bond donors (Lipinski definition) is 2. The lowest BCUT2D eigenvalue weighted by atomic mass is 10.1. The second kappa shape index (κ2) is 5.40. The number of hydrogen-bond acceptors (Lipinski definition) is 5. The standard InChI is InChI=1S/C14H17N3O2S2/c1-9(15)11-3-2-4-12(7-11)21(18,19)17-14-16-13(8-20-14)10-5-6-10/h2-4,7-10H,5-6,15H2,1H3,(H,16,17). The third kappa shape index (κ3) is 3.25. The lowest BCUT2D eigenvalue weighted by molar-refractivity contribution is 0.601. The number of nitrogens with two attached hydrogens (primary N) is 1. The predicted octanol–water partition coefficient (Wildman–Crippen LogP) is 2.84. The largest absolute Gasteiger partial charge is 0.324 e. The van der Waals surface area contributed by atoms with Gasteiger partial charge < -0.3 is 5.73 Å². The van der Waals surface area contributed by atoms with Gasteiger partial charge in [0.05, 0.1) is 10.6 Å². The van der Waals surface area contributed by atoms with Gasteiger partial charge in [0, 0.05) is 17.3 Å². The molecule has 0 aliphatic heterocycles. The van der Waals surface area contributed by atoms with Gasteiger partial charge in [-0.05, 0) is 37.5 Å². The lowest BCUT2D eigenvalue weighted by Crippen LogP contribution is -2.14. The van der Waals surface area contributed by atoms with E-state index in [0.29, 0.717) is 11.0 Å². The molecule has 1 aliphatic carbocycles. The molecule has 5 nitrogen and oxygen atoms in total. The summed E-state index contributed by atoms with van der Waals surface area (Å²) in [6.07, 6.45) is 2.29. The van der Waals surface area contributed by atoms with Crippen molar-refractivity contribution in [3.8, 4) is 0 Å². The van der Waals surface area contributed by atoms with Crippen LogP contribution < -0.4 is 10.5 Å². The number of anilines is 1. The molecule has 1 unspecified atom stereocenters. The Morgan fingerprint density at radius 3 is 2.86 bits per heavy atom. The van der Waals surface area contributed by atoms with Crippen LogP contribution in [0.1, 0.15) is 43.0 Å². The molecule has 1 aromatic carbocycles. The van der Waals surface area contributed by atoms with Crippen LogP contribution in [0, 0.1) is 0 Å². The second-order valence-corrected chi connectivity index (χ2v) is 7.86. The summed E-state index contributed by atoms with van der Waals surface area (Å²) in [5.41, 5.74) is 7.57. The van der Waals surface area contributed by atoms with Crippen LogP contribution in [0.15, 0.2) is 34.5 Å². The summed E-state index contributed by atoms with van der Waals surface area (Å²) < 4.78 is 27.3. The van der Waals surface area contributed by atoms with Gasteiger partial charge >= 0.3 is 0 Å². The van der Waals surface area contributed by atoms with E-state index < -0.39 is 10.0 Å². The van der Waals surface area contributed by atoms with Crippen LogP contribution in [0.25, 0.3) is 0 Å². The molecule has 0 saturated heterocycles. The first-order valence-electron chi connectivity index (χ1n) is 6.79. The maximum absolute atomic E-state index is 12.4. The summed E-state index contributed by atoms with van der Waals surface area (Å²) in [4.78, 5) is 4.55. The average Bonchev–Trinajstić information content (AvgIpc) is 3.20. The molecule has 3 N–H and O–H groups in total. The Kier molecular flexibility index (Phi) is 3.73. The minimum absolute atomic E-state index is 0.207. The molecular formula is C14H17N3O2S2. The summed E-state index contributed by atoms with van der Waals surface area (Å²) in [6.45, 7) is 1.82. The minimum Gasteiger partial charge on any atom is -0.324 e. The minimum atomic E-state index is -3.62. The molecule has 0 bridgehead atoms. The number of sulfonamides is 1. The normalized spacial score (nSPS) is 16.7. The number of benzene rings is 1. The summed E-state index contributed by atoms with van der Waals surface area (Å²) in [5.74, 6) is 0.515. The highest BCUT2D eigenvalue weighted by molar-refractivity contribution is 7.93. The molecule has 1 fully saturated rings. The Labute approximate surface area is 128 Å². The molecule has 1 saturated carbocycles. The van der Waals surface area contributed by atoms with Crippen molar-refractivity contribution >= 4 is 26.5 Å². The fraction of sp³-hybridized carbons (Fsp3) is 0.357. The number of nitrogens with one attached hydrogen (secondary N) is 1. The highest BCUT2D eigenvalue weighted by atomic mass is 32.2. The summed E-state index contributed by atoms with van der Waals surface area (Å²) >= 11 is 1.32. The van der Waals surface area contributed by atoms with E-state index in [2.05, 4.69) is 9.71 Å². The Bertz CT molecular complexity index is 749. The first-order valence-corrected chi connectivity index (χ1v) is 9.16. The highest BCUT2D eigenvalue weighted by Gasteiger charge is 2.27. The van der Waals surface area contributed by atoms with Crippen LogP contribution in [0.5, 0.6) is 0 Å². The zero-order valence-corrected chi connectivity index (χ0v) is 13.2. The summed E-state index contributed by atoms with van der Waals surface area (Å²) in [6, 6.07) is 6.47. The fourth-order valence-corrected chi connectivity index (χ4v) is 4.14. The van der Waals surface area contributed by atoms with Gasteiger partial charge in [-0.15, -0.1) is 11.3 Å². The maximum atomic E-state index is 12.4. The number of nitrogens with zero attached hydrogens (tertiary/aromatic N) is 1. The third-order valence-electron chi connectivity index (χ3n) is 3.43. The zero-order valence-electron chi connectivity index (χ0n) is 11.6. The van der Waals surface area contributed by atoms with Gasteiger partial charge in [-0.2, -0.15) is 0 Å². The lowest BCUT2D eigenvalue weighted by Gasteiger charge is -2.09. The molecule has 3 rings (SSSR count).